The second-order valence-corrected chi connectivity index (χ2v) is 20.6. The van der Waals surface area contributed by atoms with Gasteiger partial charge in [0.1, 0.15) is 5.58 Å². The Kier molecular flexibility index (Phi) is 7.56. The maximum Gasteiger partial charge on any atom is 0.297 e. The van der Waals surface area contributed by atoms with Gasteiger partial charge in [-0.05, 0) is 134 Å². The molecule has 7 aromatic rings. The lowest BCUT2D eigenvalue weighted by Crippen LogP contribution is -2.61. The van der Waals surface area contributed by atoms with Crippen LogP contribution < -0.4 is 26.4 Å². The first kappa shape index (κ1) is 36.1. The third-order valence-electron chi connectivity index (χ3n) is 13.6. The number of anilines is 6. The van der Waals surface area contributed by atoms with Crippen LogP contribution in [0.3, 0.4) is 0 Å². The van der Waals surface area contributed by atoms with Crippen LogP contribution in [0.1, 0.15) is 110 Å². The van der Waals surface area contributed by atoms with E-state index in [0.717, 1.165) is 24.1 Å². The van der Waals surface area contributed by atoms with E-state index in [0.29, 0.717) is 0 Å². The molecule has 0 N–H and O–H groups in total. The summed E-state index contributed by atoms with van der Waals surface area (Å²) >= 11 is 0. The Labute approximate surface area is 339 Å². The first-order valence-corrected chi connectivity index (χ1v) is 21.0. The van der Waals surface area contributed by atoms with Crippen molar-refractivity contribution < 1.29 is 4.42 Å². The molecular weight excluding hydrogens is 691 g/mol. The lowest BCUT2D eigenvalue weighted by atomic mass is 9.35. The Morgan fingerprint density at radius 3 is 1.88 bits per heavy atom. The van der Waals surface area contributed by atoms with Crippen molar-refractivity contribution in [2.24, 2.45) is 0 Å². The Balaban J connectivity index is 1.34. The van der Waals surface area contributed by atoms with E-state index in [4.69, 9.17) is 4.42 Å². The molecule has 57 heavy (non-hydrogen) atoms. The largest absolute Gasteiger partial charge is 0.468 e. The van der Waals surface area contributed by atoms with Gasteiger partial charge in [0.25, 0.3) is 6.71 Å². The molecule has 286 valence electrons. The van der Waals surface area contributed by atoms with Crippen LogP contribution in [0.15, 0.2) is 114 Å². The van der Waals surface area contributed by atoms with E-state index in [1.807, 2.05) is 0 Å². The summed E-state index contributed by atoms with van der Waals surface area (Å²) in [6.45, 7) is 25.7. The fraction of sp³-hybridized carbons (Fsp3) is 0.321. The van der Waals surface area contributed by atoms with Gasteiger partial charge in [-0.1, -0.05) is 130 Å². The molecule has 2 aliphatic heterocycles. The molecule has 0 spiro atoms. The van der Waals surface area contributed by atoms with Crippen LogP contribution in [0, 0.1) is 6.92 Å². The fourth-order valence-electron chi connectivity index (χ4n) is 10.2. The first-order chi connectivity index (χ1) is 26.9. The number of fused-ring (bicyclic) bond motifs is 8. The highest BCUT2D eigenvalue weighted by atomic mass is 16.3. The molecule has 3 heterocycles. The van der Waals surface area contributed by atoms with Crippen molar-refractivity contribution in [1.29, 1.82) is 0 Å². The summed E-state index contributed by atoms with van der Waals surface area (Å²) in [5.74, 6) is 0. The van der Waals surface area contributed by atoms with Gasteiger partial charge in [-0.3, -0.25) is 0 Å². The minimum Gasteiger partial charge on any atom is -0.468 e. The second-order valence-electron chi connectivity index (χ2n) is 20.6. The lowest BCUT2D eigenvalue weighted by molar-refractivity contribution is 0.332. The van der Waals surface area contributed by atoms with Crippen LogP contribution in [0.2, 0.25) is 0 Å². The quantitative estimate of drug-likeness (QED) is 0.164. The Morgan fingerprint density at radius 2 is 1.19 bits per heavy atom. The number of nitrogens with zero attached hydrogens (tertiary/aromatic N) is 2. The van der Waals surface area contributed by atoms with Crippen LogP contribution in [0.25, 0.3) is 21.7 Å². The second kappa shape index (κ2) is 11.9. The minimum absolute atomic E-state index is 0.0266. The molecule has 0 saturated heterocycles. The van der Waals surface area contributed by atoms with Crippen molar-refractivity contribution in [3.8, 4) is 0 Å². The zero-order valence-electron chi connectivity index (χ0n) is 35.7. The van der Waals surface area contributed by atoms with Crippen molar-refractivity contribution in [1.82, 2.24) is 0 Å². The zero-order chi connectivity index (χ0) is 40.0. The van der Waals surface area contributed by atoms with Crippen LogP contribution in [0.4, 0.5) is 34.1 Å². The summed E-state index contributed by atoms with van der Waals surface area (Å²) < 4.78 is 7.48. The number of rotatable bonds is 2. The van der Waals surface area contributed by atoms with E-state index in [9.17, 15) is 0 Å². The van der Waals surface area contributed by atoms with Gasteiger partial charge in [0, 0.05) is 33.5 Å². The van der Waals surface area contributed by atoms with Crippen molar-refractivity contribution in [2.45, 2.75) is 111 Å². The number of hydrogen-bond acceptors (Lipinski definition) is 3. The average Bonchev–Trinajstić information content (AvgIpc) is 3.53. The minimum atomic E-state index is -0.0929. The molecule has 4 heteroatoms. The van der Waals surface area contributed by atoms with E-state index in [-0.39, 0.29) is 28.4 Å². The van der Waals surface area contributed by atoms with Crippen molar-refractivity contribution in [3.63, 3.8) is 0 Å². The predicted octanol–water partition coefficient (Wildman–Crippen LogP) is 12.9. The number of benzene rings is 6. The van der Waals surface area contributed by atoms with Gasteiger partial charge in [-0.15, -0.1) is 0 Å². The van der Waals surface area contributed by atoms with Crippen molar-refractivity contribution in [2.75, 3.05) is 9.80 Å². The zero-order valence-corrected chi connectivity index (χ0v) is 35.7. The Bertz CT molecular complexity index is 2780. The highest BCUT2D eigenvalue weighted by Crippen LogP contribution is 2.52. The molecule has 0 saturated carbocycles. The maximum absolute atomic E-state index is 7.48. The van der Waals surface area contributed by atoms with Gasteiger partial charge in [-0.2, -0.15) is 0 Å². The molecule has 3 nitrogen and oxygen atoms in total. The van der Waals surface area contributed by atoms with Gasteiger partial charge in [0.15, 0.2) is 0 Å². The SMILES string of the molecule is Cc1cc2c3c(c1)N(c1cccc4ccccc14)c1c(oc4cc5c(cc14)C(C)(C)CCC5(C)C)B3c1cc(C(C)(C)C)ccc1N2c1ccc(C(C)(C)C)cc1. The van der Waals surface area contributed by atoms with Crippen LogP contribution in [0.5, 0.6) is 0 Å². The number of aryl methyl sites for hydroxylation is 1. The topological polar surface area (TPSA) is 19.6 Å². The smallest absolute Gasteiger partial charge is 0.297 e. The monoisotopic (exact) mass is 746 g/mol. The predicted molar refractivity (Wildman–Crippen MR) is 245 cm³/mol. The molecule has 0 unspecified atom stereocenters. The Morgan fingerprint density at radius 1 is 0.579 bits per heavy atom. The van der Waals surface area contributed by atoms with Gasteiger partial charge < -0.3 is 14.2 Å². The lowest BCUT2D eigenvalue weighted by Gasteiger charge is -2.43. The van der Waals surface area contributed by atoms with E-state index in [1.54, 1.807) is 0 Å². The summed E-state index contributed by atoms with van der Waals surface area (Å²) in [4.78, 5) is 5.09. The molecule has 1 aliphatic carbocycles. The van der Waals surface area contributed by atoms with Crippen molar-refractivity contribution in [3.05, 3.63) is 137 Å². The molecule has 3 aliphatic rings. The number of hydrogen-bond donors (Lipinski definition) is 0. The highest BCUT2D eigenvalue weighted by molar-refractivity contribution is 7.00. The summed E-state index contributed by atoms with van der Waals surface area (Å²) in [6.07, 6.45) is 2.32. The van der Waals surface area contributed by atoms with Gasteiger partial charge in [0.05, 0.1) is 17.0 Å². The summed E-state index contributed by atoms with van der Waals surface area (Å²) in [5, 5.41) is 3.66. The number of furan rings is 1. The average molecular weight is 747 g/mol. The maximum atomic E-state index is 7.48. The van der Waals surface area contributed by atoms with Crippen LogP contribution in [-0.2, 0) is 21.7 Å². The van der Waals surface area contributed by atoms with Gasteiger partial charge in [0.2, 0.25) is 0 Å². The standard InChI is InChI=1S/C53H55BN2O/c1-32-27-44-47-45(28-32)56(42-18-14-16-33-15-12-13-17-37(33)42)48-38-30-39-40(53(10,11)26-25-52(39,8)9)31-46(38)57-49(48)54(47)41-29-35(51(5,6)7)21-24-43(41)55(44)36-22-19-34(20-23-36)50(2,3)4/h12-24,27-31H,25-26H2,1-11H3. The molecule has 0 amide bonds. The summed E-state index contributed by atoms with van der Waals surface area (Å²) in [7, 11) is 0. The van der Waals surface area contributed by atoms with Crippen LogP contribution >= 0.6 is 0 Å². The van der Waals surface area contributed by atoms with Gasteiger partial charge >= 0.3 is 0 Å². The van der Waals surface area contributed by atoms with E-state index < -0.39 is 0 Å². The van der Waals surface area contributed by atoms with Crippen molar-refractivity contribution >= 4 is 79.2 Å². The molecular formula is C53H55BN2O. The molecule has 0 fully saturated rings. The fourth-order valence-corrected chi connectivity index (χ4v) is 10.2. The van der Waals surface area contributed by atoms with E-state index >= 15 is 0 Å². The van der Waals surface area contributed by atoms with E-state index in [1.165, 1.54) is 89.0 Å². The molecule has 0 atom stereocenters. The first-order valence-electron chi connectivity index (χ1n) is 21.0. The molecule has 6 aromatic carbocycles. The van der Waals surface area contributed by atoms with Gasteiger partial charge in [-0.25, -0.2) is 0 Å². The molecule has 10 rings (SSSR count). The summed E-state index contributed by atoms with van der Waals surface area (Å²) in [6, 6.07) is 41.9. The highest BCUT2D eigenvalue weighted by Gasteiger charge is 2.48. The van der Waals surface area contributed by atoms with Crippen LogP contribution in [-0.4, -0.2) is 6.71 Å². The normalized spacial score (nSPS) is 16.7. The molecule has 0 radical (unpaired) electrons. The Hall–Kier alpha value is -5.22. The third-order valence-corrected chi connectivity index (χ3v) is 13.6. The summed E-state index contributed by atoms with van der Waals surface area (Å²) in [5.41, 5.74) is 18.7. The van der Waals surface area contributed by atoms with E-state index in [2.05, 4.69) is 195 Å². The molecule has 1 aromatic heterocycles. The third kappa shape index (κ3) is 5.39. The molecule has 0 bridgehead atoms.